The molecule has 120 valence electrons. The minimum atomic E-state index is -0.157. The van der Waals surface area contributed by atoms with E-state index in [0.29, 0.717) is 11.8 Å². The molecule has 2 aromatic rings. The Morgan fingerprint density at radius 3 is 2.73 bits per heavy atom. The van der Waals surface area contributed by atoms with Crippen LogP contribution in [-0.4, -0.2) is 34.3 Å². The first-order valence-corrected chi connectivity index (χ1v) is 9.07. The second-order valence-electron chi connectivity index (χ2n) is 6.76. The fourth-order valence-electron chi connectivity index (χ4n) is 3.36. The average molecular weight is 319 g/mol. The second-order valence-corrected chi connectivity index (χ2v) is 7.65. The predicted molar refractivity (Wildman–Crippen MR) is 92.6 cm³/mol. The monoisotopic (exact) mass is 319 g/mol. The summed E-state index contributed by atoms with van der Waals surface area (Å²) in [5.74, 6) is 2.90. The van der Waals surface area contributed by atoms with Crippen LogP contribution < -0.4 is 4.90 Å². The van der Waals surface area contributed by atoms with Gasteiger partial charge in [-0.2, -0.15) is 0 Å². The topological polar surface area (TPSA) is 49.2 Å². The van der Waals surface area contributed by atoms with E-state index in [1.165, 1.54) is 0 Å². The zero-order valence-corrected chi connectivity index (χ0v) is 14.4. The van der Waals surface area contributed by atoms with Gasteiger partial charge < -0.3 is 10.0 Å². The zero-order valence-electron chi connectivity index (χ0n) is 13.6. The summed E-state index contributed by atoms with van der Waals surface area (Å²) < 4.78 is 0. The van der Waals surface area contributed by atoms with Crippen molar-refractivity contribution in [2.24, 2.45) is 11.8 Å². The smallest absolute Gasteiger partial charge is 0.141 e. The molecule has 1 fully saturated rings. The van der Waals surface area contributed by atoms with Gasteiger partial charge in [-0.3, -0.25) is 0 Å². The third kappa shape index (κ3) is 3.25. The molecule has 0 saturated carbocycles. The van der Waals surface area contributed by atoms with Crippen LogP contribution in [0.5, 0.6) is 0 Å². The summed E-state index contributed by atoms with van der Waals surface area (Å²) in [5, 5.41) is 13.6. The molecular formula is C17H25N3OS. The van der Waals surface area contributed by atoms with Gasteiger partial charge in [0.25, 0.3) is 0 Å². The molecule has 3 rings (SSSR count). The molecule has 5 heteroatoms. The van der Waals surface area contributed by atoms with Crippen molar-refractivity contribution in [2.75, 3.05) is 18.0 Å². The van der Waals surface area contributed by atoms with Crippen molar-refractivity contribution in [1.82, 2.24) is 9.97 Å². The summed E-state index contributed by atoms with van der Waals surface area (Å²) in [4.78, 5) is 12.6. The van der Waals surface area contributed by atoms with Gasteiger partial charge in [0.05, 0.1) is 11.5 Å². The molecule has 1 atom stereocenters. The Hall–Kier alpha value is -1.20. The Morgan fingerprint density at radius 1 is 1.32 bits per heavy atom. The van der Waals surface area contributed by atoms with Crippen LogP contribution in [0.25, 0.3) is 10.2 Å². The molecular weight excluding hydrogens is 294 g/mol. The van der Waals surface area contributed by atoms with E-state index < -0.39 is 0 Å². The third-order valence-electron chi connectivity index (χ3n) is 4.51. The maximum atomic E-state index is 10.3. The Bertz CT molecular complexity index is 632. The lowest BCUT2D eigenvalue weighted by Crippen LogP contribution is -2.38. The molecule has 0 radical (unpaired) electrons. The quantitative estimate of drug-likeness (QED) is 0.935. The minimum absolute atomic E-state index is 0.157. The fourth-order valence-corrected chi connectivity index (χ4v) is 4.16. The van der Waals surface area contributed by atoms with E-state index in [1.807, 2.05) is 6.92 Å². The van der Waals surface area contributed by atoms with Gasteiger partial charge in [0.1, 0.15) is 16.5 Å². The summed E-state index contributed by atoms with van der Waals surface area (Å²) in [6.45, 7) is 8.26. The van der Waals surface area contributed by atoms with Gasteiger partial charge in [0.15, 0.2) is 0 Å². The maximum absolute atomic E-state index is 10.3. The van der Waals surface area contributed by atoms with Crippen LogP contribution in [0.15, 0.2) is 11.4 Å². The maximum Gasteiger partial charge on any atom is 0.141 e. The van der Waals surface area contributed by atoms with Gasteiger partial charge in [-0.25, -0.2) is 9.97 Å². The highest BCUT2D eigenvalue weighted by Gasteiger charge is 2.27. The Balaban J connectivity index is 1.72. The van der Waals surface area contributed by atoms with Gasteiger partial charge in [-0.1, -0.05) is 13.8 Å². The van der Waals surface area contributed by atoms with Crippen LogP contribution in [-0.2, 0) is 0 Å². The highest BCUT2D eigenvalue weighted by atomic mass is 32.1. The van der Waals surface area contributed by atoms with Crippen molar-refractivity contribution in [3.63, 3.8) is 0 Å². The van der Waals surface area contributed by atoms with E-state index in [4.69, 9.17) is 0 Å². The number of aliphatic hydroxyl groups excluding tert-OH is 1. The van der Waals surface area contributed by atoms with Crippen LogP contribution >= 0.6 is 11.3 Å². The third-order valence-corrected chi connectivity index (χ3v) is 5.32. The van der Waals surface area contributed by atoms with Crippen molar-refractivity contribution in [3.05, 3.63) is 17.3 Å². The molecule has 1 aliphatic heterocycles. The van der Waals surface area contributed by atoms with Crippen molar-refractivity contribution in [3.8, 4) is 0 Å². The Morgan fingerprint density at radius 2 is 2.05 bits per heavy atom. The van der Waals surface area contributed by atoms with Crippen molar-refractivity contribution in [2.45, 2.75) is 46.1 Å². The summed E-state index contributed by atoms with van der Waals surface area (Å²) in [6, 6.07) is 2.12. The Kier molecular flexibility index (Phi) is 4.64. The minimum Gasteiger partial charge on any atom is -0.393 e. The number of anilines is 1. The molecule has 1 N–H and O–H groups in total. The molecule has 4 nitrogen and oxygen atoms in total. The van der Waals surface area contributed by atoms with E-state index in [0.717, 1.165) is 54.2 Å². The average Bonchev–Trinajstić information content (AvgIpc) is 2.94. The van der Waals surface area contributed by atoms with Crippen LogP contribution in [0, 0.1) is 18.8 Å². The van der Waals surface area contributed by atoms with E-state index in [2.05, 4.69) is 40.2 Å². The van der Waals surface area contributed by atoms with Gasteiger partial charge >= 0.3 is 0 Å². The van der Waals surface area contributed by atoms with Gasteiger partial charge in [-0.05, 0) is 49.5 Å². The SMILES string of the molecule is Cc1nc(N2CCC([C@H](O)CC(C)C)CC2)c2ccsc2n1. The molecule has 0 aromatic carbocycles. The van der Waals surface area contributed by atoms with Crippen LogP contribution in [0.3, 0.4) is 0 Å². The fraction of sp³-hybridized carbons (Fsp3) is 0.647. The number of rotatable bonds is 4. The number of thiophene rings is 1. The molecule has 2 aromatic heterocycles. The lowest BCUT2D eigenvalue weighted by molar-refractivity contribution is 0.0734. The first-order chi connectivity index (χ1) is 10.5. The van der Waals surface area contributed by atoms with Gasteiger partial charge in [0.2, 0.25) is 0 Å². The molecule has 0 amide bonds. The van der Waals surface area contributed by atoms with E-state index in [9.17, 15) is 5.11 Å². The van der Waals surface area contributed by atoms with Crippen molar-refractivity contribution >= 4 is 27.4 Å². The number of aromatic nitrogens is 2. The number of aliphatic hydroxyl groups is 1. The highest BCUT2D eigenvalue weighted by Crippen LogP contribution is 2.32. The van der Waals surface area contributed by atoms with Crippen LogP contribution in [0.4, 0.5) is 5.82 Å². The number of hydrogen-bond acceptors (Lipinski definition) is 5. The zero-order chi connectivity index (χ0) is 15.7. The first-order valence-electron chi connectivity index (χ1n) is 8.19. The number of aryl methyl sites for hydroxylation is 1. The molecule has 0 aliphatic carbocycles. The number of fused-ring (bicyclic) bond motifs is 1. The second kappa shape index (κ2) is 6.50. The van der Waals surface area contributed by atoms with Crippen molar-refractivity contribution in [1.29, 1.82) is 0 Å². The van der Waals surface area contributed by atoms with E-state index in [1.54, 1.807) is 11.3 Å². The summed E-state index contributed by atoms with van der Waals surface area (Å²) >= 11 is 1.67. The van der Waals surface area contributed by atoms with Crippen LogP contribution in [0.2, 0.25) is 0 Å². The van der Waals surface area contributed by atoms with Crippen LogP contribution in [0.1, 0.15) is 38.9 Å². The number of piperidine rings is 1. The lowest BCUT2D eigenvalue weighted by atomic mass is 9.87. The largest absolute Gasteiger partial charge is 0.393 e. The Labute approximate surface area is 136 Å². The summed E-state index contributed by atoms with van der Waals surface area (Å²) in [7, 11) is 0. The van der Waals surface area contributed by atoms with Gasteiger partial charge in [-0.15, -0.1) is 11.3 Å². The molecule has 1 saturated heterocycles. The molecule has 0 spiro atoms. The number of nitrogens with zero attached hydrogens (tertiary/aromatic N) is 3. The highest BCUT2D eigenvalue weighted by molar-refractivity contribution is 7.16. The number of hydrogen-bond donors (Lipinski definition) is 1. The standard InChI is InChI=1S/C17H25N3OS/c1-11(2)10-15(21)13-4-7-20(8-5-13)16-14-6-9-22-17(14)19-12(3)18-16/h6,9,11,13,15,21H,4-5,7-8,10H2,1-3H3/t15-/m1/s1. The predicted octanol–water partition coefficient (Wildman–Crippen LogP) is 3.62. The lowest BCUT2D eigenvalue weighted by Gasteiger charge is -2.35. The summed E-state index contributed by atoms with van der Waals surface area (Å²) in [5.41, 5.74) is 0. The molecule has 0 unspecified atom stereocenters. The normalized spacial score (nSPS) is 18.3. The van der Waals surface area contributed by atoms with E-state index >= 15 is 0 Å². The van der Waals surface area contributed by atoms with E-state index in [-0.39, 0.29) is 6.10 Å². The first kappa shape index (κ1) is 15.7. The molecule has 0 bridgehead atoms. The molecule has 3 heterocycles. The summed E-state index contributed by atoms with van der Waals surface area (Å²) in [6.07, 6.45) is 2.84. The molecule has 1 aliphatic rings. The van der Waals surface area contributed by atoms with Crippen molar-refractivity contribution < 1.29 is 5.11 Å². The molecule has 22 heavy (non-hydrogen) atoms. The van der Waals surface area contributed by atoms with Gasteiger partial charge in [0, 0.05) is 13.1 Å².